The number of rotatable bonds is 7. The quantitative estimate of drug-likeness (QED) is 0.266. The Labute approximate surface area is 216 Å². The Morgan fingerprint density at radius 1 is 1.06 bits per heavy atom. The summed E-state index contributed by atoms with van der Waals surface area (Å²) in [5.74, 6) is -0.392. The first-order valence-corrected chi connectivity index (χ1v) is 12.7. The summed E-state index contributed by atoms with van der Waals surface area (Å²) in [6.45, 7) is 1.42. The zero-order chi connectivity index (χ0) is 24.8. The number of aromatic nitrogens is 1. The van der Waals surface area contributed by atoms with Crippen molar-refractivity contribution in [2.45, 2.75) is 11.9 Å². The molecule has 0 atom stereocenters. The molecule has 0 aliphatic rings. The van der Waals surface area contributed by atoms with Crippen LogP contribution in [0.4, 0.5) is 11.4 Å². The fourth-order valence-electron chi connectivity index (χ4n) is 3.35. The largest absolute Gasteiger partial charge is 0.326 e. The van der Waals surface area contributed by atoms with E-state index in [-0.39, 0.29) is 17.6 Å². The van der Waals surface area contributed by atoms with E-state index in [2.05, 4.69) is 16.7 Å². The third-order valence-corrected chi connectivity index (χ3v) is 6.95. The number of nitrogens with zero attached hydrogens (tertiary/aromatic N) is 2. The van der Waals surface area contributed by atoms with E-state index in [1.807, 2.05) is 35.7 Å². The molecule has 0 aliphatic carbocycles. The molecule has 6 nitrogen and oxygen atoms in total. The second-order valence-electron chi connectivity index (χ2n) is 7.43. The molecule has 4 aromatic rings. The molecule has 0 saturated heterocycles. The third-order valence-electron chi connectivity index (χ3n) is 4.83. The highest BCUT2D eigenvalue weighted by atomic mass is 35.5. The molecule has 2 aromatic carbocycles. The van der Waals surface area contributed by atoms with Crippen molar-refractivity contribution in [3.63, 3.8) is 0 Å². The lowest BCUT2D eigenvalue weighted by Crippen LogP contribution is -2.15. The summed E-state index contributed by atoms with van der Waals surface area (Å²) in [7, 11) is 0. The average Bonchev–Trinajstić information content (AvgIpc) is 3.37. The number of amides is 2. The number of carbonyl (C=O) groups is 2. The van der Waals surface area contributed by atoms with Crippen molar-refractivity contribution in [1.29, 1.82) is 5.26 Å². The predicted molar refractivity (Wildman–Crippen MR) is 143 cm³/mol. The minimum Gasteiger partial charge on any atom is -0.326 e. The van der Waals surface area contributed by atoms with Crippen molar-refractivity contribution in [1.82, 2.24) is 4.98 Å². The van der Waals surface area contributed by atoms with Gasteiger partial charge in [0.15, 0.2) is 0 Å². The van der Waals surface area contributed by atoms with E-state index in [1.54, 1.807) is 47.7 Å². The number of pyridine rings is 1. The second kappa shape index (κ2) is 11.2. The first-order chi connectivity index (χ1) is 16.9. The lowest BCUT2D eigenvalue weighted by atomic mass is 10.0. The molecule has 9 heteroatoms. The fourth-order valence-corrected chi connectivity index (χ4v) is 4.97. The molecular formula is C26H19ClN4O2S2. The Bertz CT molecular complexity index is 1410. The smallest absolute Gasteiger partial charge is 0.234 e. The maximum absolute atomic E-state index is 12.7. The van der Waals surface area contributed by atoms with Crippen LogP contribution in [0.1, 0.15) is 12.5 Å². The molecule has 4 rings (SSSR count). The van der Waals surface area contributed by atoms with Crippen molar-refractivity contribution in [2.75, 3.05) is 16.4 Å². The van der Waals surface area contributed by atoms with E-state index in [0.29, 0.717) is 27.0 Å². The summed E-state index contributed by atoms with van der Waals surface area (Å²) < 4.78 is 0. The van der Waals surface area contributed by atoms with Gasteiger partial charge < -0.3 is 10.6 Å². The van der Waals surface area contributed by atoms with Crippen molar-refractivity contribution in [3.05, 3.63) is 82.7 Å². The van der Waals surface area contributed by atoms with Gasteiger partial charge in [0.25, 0.3) is 0 Å². The highest BCUT2D eigenvalue weighted by molar-refractivity contribution is 8.00. The molecule has 2 heterocycles. The van der Waals surface area contributed by atoms with E-state index in [0.717, 1.165) is 21.7 Å². The van der Waals surface area contributed by atoms with E-state index in [9.17, 15) is 14.9 Å². The molecule has 0 radical (unpaired) electrons. The number of hydrogen-bond acceptors (Lipinski definition) is 6. The molecule has 0 unspecified atom stereocenters. The molecule has 0 fully saturated rings. The molecule has 2 aromatic heterocycles. The van der Waals surface area contributed by atoms with Gasteiger partial charge in [-0.25, -0.2) is 4.98 Å². The van der Waals surface area contributed by atoms with E-state index in [1.165, 1.54) is 18.7 Å². The van der Waals surface area contributed by atoms with Crippen LogP contribution in [0.25, 0.3) is 21.7 Å². The average molecular weight is 519 g/mol. The zero-order valence-electron chi connectivity index (χ0n) is 18.5. The van der Waals surface area contributed by atoms with Crippen LogP contribution in [0.2, 0.25) is 5.02 Å². The predicted octanol–water partition coefficient (Wildman–Crippen LogP) is 6.69. The Morgan fingerprint density at radius 3 is 2.46 bits per heavy atom. The number of benzene rings is 2. The van der Waals surface area contributed by atoms with Gasteiger partial charge in [-0.3, -0.25) is 9.59 Å². The highest BCUT2D eigenvalue weighted by Gasteiger charge is 2.17. The van der Waals surface area contributed by atoms with Crippen molar-refractivity contribution < 1.29 is 9.59 Å². The monoisotopic (exact) mass is 518 g/mol. The molecule has 0 spiro atoms. The topological polar surface area (TPSA) is 94.9 Å². The van der Waals surface area contributed by atoms with Crippen LogP contribution in [0.15, 0.2) is 77.1 Å². The highest BCUT2D eigenvalue weighted by Crippen LogP contribution is 2.35. The van der Waals surface area contributed by atoms with Gasteiger partial charge >= 0.3 is 0 Å². The van der Waals surface area contributed by atoms with Crippen LogP contribution in [0.5, 0.6) is 0 Å². The van der Waals surface area contributed by atoms with Gasteiger partial charge in [0.1, 0.15) is 11.1 Å². The van der Waals surface area contributed by atoms with Gasteiger partial charge in [0, 0.05) is 28.9 Å². The SMILES string of the molecule is CC(=O)Nc1cccc(NC(=O)CSc2nc(-c3cccs3)cc(-c3ccc(Cl)cc3)c2C#N)c1. The van der Waals surface area contributed by atoms with Gasteiger partial charge in [-0.1, -0.05) is 47.6 Å². The van der Waals surface area contributed by atoms with Crippen LogP contribution >= 0.6 is 34.7 Å². The number of thiophene rings is 1. The van der Waals surface area contributed by atoms with Gasteiger partial charge in [-0.2, -0.15) is 5.26 Å². The van der Waals surface area contributed by atoms with E-state index >= 15 is 0 Å². The van der Waals surface area contributed by atoms with Crippen molar-refractivity contribution in [2.24, 2.45) is 0 Å². The molecule has 2 N–H and O–H groups in total. The first-order valence-electron chi connectivity index (χ1n) is 10.5. The standard InChI is InChI=1S/C26H19ClN4O2S2/c1-16(32)29-19-4-2-5-20(12-19)30-25(33)15-35-26-22(14-28)21(17-7-9-18(27)10-8-17)13-23(31-26)24-6-3-11-34-24/h2-13H,15H2,1H3,(H,29,32)(H,30,33). The number of anilines is 2. The number of hydrogen-bond donors (Lipinski definition) is 2. The van der Waals surface area contributed by atoms with Crippen molar-refractivity contribution in [3.8, 4) is 27.8 Å². The zero-order valence-corrected chi connectivity index (χ0v) is 20.9. The summed E-state index contributed by atoms with van der Waals surface area (Å²) in [5.41, 5.74) is 3.85. The summed E-state index contributed by atoms with van der Waals surface area (Å²) in [6.07, 6.45) is 0. The molecule has 35 heavy (non-hydrogen) atoms. The Balaban J connectivity index is 1.60. The minimum atomic E-state index is -0.254. The van der Waals surface area contributed by atoms with E-state index < -0.39 is 0 Å². The number of halogens is 1. The summed E-state index contributed by atoms with van der Waals surface area (Å²) in [4.78, 5) is 29.6. The fraction of sp³-hybridized carbons (Fsp3) is 0.0769. The molecular weight excluding hydrogens is 500 g/mol. The number of nitriles is 1. The number of thioether (sulfide) groups is 1. The van der Waals surface area contributed by atoms with E-state index in [4.69, 9.17) is 16.6 Å². The van der Waals surface area contributed by atoms with Crippen LogP contribution < -0.4 is 10.6 Å². The van der Waals surface area contributed by atoms with Crippen LogP contribution in [-0.2, 0) is 9.59 Å². The van der Waals surface area contributed by atoms with Gasteiger partial charge in [0.05, 0.1) is 21.9 Å². The van der Waals surface area contributed by atoms with Gasteiger partial charge in [-0.15, -0.1) is 11.3 Å². The summed E-state index contributed by atoms with van der Waals surface area (Å²) in [6, 6.07) is 22.2. The maximum atomic E-state index is 12.7. The molecule has 0 saturated carbocycles. The number of nitrogens with one attached hydrogen (secondary N) is 2. The Hall–Kier alpha value is -3.64. The lowest BCUT2D eigenvalue weighted by molar-refractivity contribution is -0.114. The Kier molecular flexibility index (Phi) is 7.83. The van der Waals surface area contributed by atoms with Gasteiger partial charge in [0.2, 0.25) is 11.8 Å². The van der Waals surface area contributed by atoms with Gasteiger partial charge in [-0.05, 0) is 53.4 Å². The number of carbonyl (C=O) groups excluding carboxylic acids is 2. The molecule has 0 bridgehead atoms. The summed E-state index contributed by atoms with van der Waals surface area (Å²) >= 11 is 8.81. The normalized spacial score (nSPS) is 10.4. The molecule has 0 aliphatic heterocycles. The lowest BCUT2D eigenvalue weighted by Gasteiger charge is -2.12. The van der Waals surface area contributed by atoms with Crippen LogP contribution in [0, 0.1) is 11.3 Å². The van der Waals surface area contributed by atoms with Crippen molar-refractivity contribution >= 4 is 57.9 Å². The molecule has 2 amide bonds. The minimum absolute atomic E-state index is 0.0556. The Morgan fingerprint density at radius 2 is 1.80 bits per heavy atom. The molecule has 174 valence electrons. The first kappa shape index (κ1) is 24.5. The second-order valence-corrected chi connectivity index (χ2v) is 9.78. The van der Waals surface area contributed by atoms with Crippen LogP contribution in [0.3, 0.4) is 0 Å². The summed E-state index contributed by atoms with van der Waals surface area (Å²) in [5, 5.41) is 18.5. The third kappa shape index (κ3) is 6.28. The maximum Gasteiger partial charge on any atom is 0.234 e. The van der Waals surface area contributed by atoms with Crippen LogP contribution in [-0.4, -0.2) is 22.6 Å².